The van der Waals surface area contributed by atoms with Crippen LogP contribution in [0.5, 0.6) is 0 Å². The highest BCUT2D eigenvalue weighted by molar-refractivity contribution is 7.89. The molecule has 0 saturated carbocycles. The number of nitrogen functional groups attached to an aromatic ring is 1. The van der Waals surface area contributed by atoms with E-state index in [1.807, 2.05) is 0 Å². The number of rotatable bonds is 5. The highest BCUT2D eigenvalue weighted by Crippen LogP contribution is 2.20. The molecular weight excluding hydrogens is 408 g/mol. The molecule has 3 rings (SSSR count). The molecule has 0 unspecified atom stereocenters. The van der Waals surface area contributed by atoms with Gasteiger partial charge in [-0.1, -0.05) is 12.1 Å². The zero-order valence-corrected chi connectivity index (χ0v) is 16.5. The molecule has 1 aliphatic heterocycles. The molecule has 4 N–H and O–H groups in total. The van der Waals surface area contributed by atoms with E-state index < -0.39 is 15.9 Å². The second-order valence-corrected chi connectivity index (χ2v) is 8.06. The van der Waals surface area contributed by atoms with Crippen LogP contribution in [0.1, 0.15) is 16.1 Å². The van der Waals surface area contributed by atoms with Crippen LogP contribution in [0, 0.1) is 0 Å². The number of anilines is 1. The van der Waals surface area contributed by atoms with E-state index in [1.165, 1.54) is 16.4 Å². The summed E-state index contributed by atoms with van der Waals surface area (Å²) in [6, 6.07) is 9.48. The monoisotopic (exact) mass is 428 g/mol. The number of furan rings is 1. The van der Waals surface area contributed by atoms with Crippen molar-refractivity contribution in [3.8, 4) is 0 Å². The Balaban J connectivity index is 0.00000280. The largest absolute Gasteiger partial charge is 0.438 e. The maximum absolute atomic E-state index is 12.6. The van der Waals surface area contributed by atoms with E-state index in [2.05, 4.69) is 0 Å². The predicted octanol–water partition coefficient (Wildman–Crippen LogP) is 0.458. The van der Waals surface area contributed by atoms with Crippen molar-refractivity contribution in [2.24, 2.45) is 5.73 Å². The lowest BCUT2D eigenvalue weighted by Crippen LogP contribution is -2.50. The minimum atomic E-state index is -3.88. The molecular formula is C17H21ClN4O5S. The molecule has 152 valence electrons. The molecule has 2 aromatic rings. The van der Waals surface area contributed by atoms with Gasteiger partial charge in [-0.05, 0) is 29.8 Å². The van der Waals surface area contributed by atoms with E-state index in [0.29, 0.717) is 5.69 Å². The lowest BCUT2D eigenvalue weighted by atomic mass is 10.1. The van der Waals surface area contributed by atoms with Crippen LogP contribution < -0.4 is 11.5 Å². The third kappa shape index (κ3) is 4.64. The van der Waals surface area contributed by atoms with Gasteiger partial charge in [0, 0.05) is 31.9 Å². The van der Waals surface area contributed by atoms with Crippen LogP contribution in [0.15, 0.2) is 45.9 Å². The summed E-state index contributed by atoms with van der Waals surface area (Å²) in [6.45, 7) is 0.831. The number of hydrogen-bond acceptors (Lipinski definition) is 6. The summed E-state index contributed by atoms with van der Waals surface area (Å²) in [5.74, 6) is -1.13. The first-order chi connectivity index (χ1) is 12.8. The van der Waals surface area contributed by atoms with Crippen LogP contribution >= 0.6 is 12.4 Å². The number of carbonyl (C=O) groups excluding carboxylic acids is 2. The second kappa shape index (κ2) is 8.63. The lowest BCUT2D eigenvalue weighted by molar-refractivity contribution is -0.131. The Bertz CT molecular complexity index is 950. The first kappa shape index (κ1) is 21.7. The third-order valence-corrected chi connectivity index (χ3v) is 6.12. The van der Waals surface area contributed by atoms with E-state index in [0.717, 1.165) is 5.56 Å². The normalized spacial score (nSPS) is 15.1. The van der Waals surface area contributed by atoms with Crippen molar-refractivity contribution in [1.29, 1.82) is 0 Å². The number of nitrogens with zero attached hydrogens (tertiary/aromatic N) is 2. The standard InChI is InChI=1S/C17H20N4O5S.ClH/c18-13-3-1-12(2-4-13)11-15(22)20-7-9-21(10-8-20)27(24,25)16-6-5-14(26-16)17(19)23;/h1-6H,7-11,18H2,(H2,19,23);1H. The van der Waals surface area contributed by atoms with Crippen molar-refractivity contribution in [1.82, 2.24) is 9.21 Å². The molecule has 1 saturated heterocycles. The molecule has 0 radical (unpaired) electrons. The second-order valence-electron chi connectivity index (χ2n) is 6.19. The fourth-order valence-corrected chi connectivity index (χ4v) is 4.15. The Hall–Kier alpha value is -2.56. The zero-order valence-electron chi connectivity index (χ0n) is 14.9. The van der Waals surface area contributed by atoms with Gasteiger partial charge in [0.05, 0.1) is 6.42 Å². The van der Waals surface area contributed by atoms with Gasteiger partial charge in [0.2, 0.25) is 11.0 Å². The zero-order chi connectivity index (χ0) is 19.6. The predicted molar refractivity (Wildman–Crippen MR) is 104 cm³/mol. The van der Waals surface area contributed by atoms with Crippen LogP contribution in [0.3, 0.4) is 0 Å². The molecule has 11 heteroatoms. The van der Waals surface area contributed by atoms with Gasteiger partial charge in [-0.25, -0.2) is 8.42 Å². The van der Waals surface area contributed by atoms with Gasteiger partial charge in [-0.2, -0.15) is 4.31 Å². The van der Waals surface area contributed by atoms with E-state index in [1.54, 1.807) is 29.2 Å². The Morgan fingerprint density at radius 2 is 1.61 bits per heavy atom. The van der Waals surface area contributed by atoms with Crippen molar-refractivity contribution in [2.45, 2.75) is 11.5 Å². The summed E-state index contributed by atoms with van der Waals surface area (Å²) in [4.78, 5) is 25.1. The van der Waals surface area contributed by atoms with Gasteiger partial charge in [-0.15, -0.1) is 12.4 Å². The van der Waals surface area contributed by atoms with Crippen molar-refractivity contribution >= 4 is 39.9 Å². The number of piperazine rings is 1. The number of amides is 2. The van der Waals surface area contributed by atoms with Gasteiger partial charge in [0.15, 0.2) is 5.76 Å². The number of carbonyl (C=O) groups is 2. The summed E-state index contributed by atoms with van der Waals surface area (Å²) in [6.07, 6.45) is 0.229. The van der Waals surface area contributed by atoms with Crippen LogP contribution in [0.4, 0.5) is 5.69 Å². The summed E-state index contributed by atoms with van der Waals surface area (Å²) >= 11 is 0. The number of halogens is 1. The average molecular weight is 429 g/mol. The first-order valence-electron chi connectivity index (χ1n) is 8.29. The van der Waals surface area contributed by atoms with Gasteiger partial charge in [-0.3, -0.25) is 9.59 Å². The summed E-state index contributed by atoms with van der Waals surface area (Å²) < 4.78 is 31.4. The summed E-state index contributed by atoms with van der Waals surface area (Å²) in [7, 11) is -3.88. The number of benzene rings is 1. The van der Waals surface area contributed by atoms with Crippen molar-refractivity contribution < 1.29 is 22.4 Å². The molecule has 0 spiro atoms. The van der Waals surface area contributed by atoms with Crippen LogP contribution in [0.2, 0.25) is 0 Å². The number of primary amides is 1. The Morgan fingerprint density at radius 3 is 2.14 bits per heavy atom. The Labute approximate surface area is 168 Å². The number of nitrogens with two attached hydrogens (primary N) is 2. The number of hydrogen-bond donors (Lipinski definition) is 2. The van der Waals surface area contributed by atoms with Crippen LogP contribution in [-0.2, 0) is 21.2 Å². The number of sulfonamides is 1. The van der Waals surface area contributed by atoms with Crippen molar-refractivity contribution in [3.63, 3.8) is 0 Å². The van der Waals surface area contributed by atoms with Gasteiger partial charge >= 0.3 is 0 Å². The first-order valence-corrected chi connectivity index (χ1v) is 9.73. The maximum Gasteiger partial charge on any atom is 0.284 e. The molecule has 1 aliphatic rings. The average Bonchev–Trinajstić information content (AvgIpc) is 3.15. The third-order valence-electron chi connectivity index (χ3n) is 4.34. The molecule has 2 heterocycles. The molecule has 0 aliphatic carbocycles. The smallest absolute Gasteiger partial charge is 0.284 e. The SMILES string of the molecule is Cl.NC(=O)c1ccc(S(=O)(=O)N2CCN(C(=O)Cc3ccc(N)cc3)CC2)o1. The summed E-state index contributed by atoms with van der Waals surface area (Å²) in [5, 5.41) is -0.335. The van der Waals surface area contributed by atoms with E-state index >= 15 is 0 Å². The summed E-state index contributed by atoms with van der Waals surface area (Å²) in [5.41, 5.74) is 12.2. The molecule has 2 amide bonds. The molecule has 28 heavy (non-hydrogen) atoms. The fraction of sp³-hybridized carbons (Fsp3) is 0.294. The highest BCUT2D eigenvalue weighted by atomic mass is 35.5. The molecule has 1 fully saturated rings. The van der Waals surface area contributed by atoms with E-state index in [4.69, 9.17) is 15.9 Å². The van der Waals surface area contributed by atoms with Gasteiger partial charge < -0.3 is 20.8 Å². The van der Waals surface area contributed by atoms with E-state index in [9.17, 15) is 18.0 Å². The minimum absolute atomic E-state index is 0. The van der Waals surface area contributed by atoms with Crippen LogP contribution in [-0.4, -0.2) is 55.6 Å². The van der Waals surface area contributed by atoms with Crippen molar-refractivity contribution in [3.05, 3.63) is 47.7 Å². The van der Waals surface area contributed by atoms with Gasteiger partial charge in [0.1, 0.15) is 0 Å². The highest BCUT2D eigenvalue weighted by Gasteiger charge is 2.32. The van der Waals surface area contributed by atoms with Crippen LogP contribution in [0.25, 0.3) is 0 Å². The topological polar surface area (TPSA) is 140 Å². The van der Waals surface area contributed by atoms with E-state index in [-0.39, 0.29) is 61.8 Å². The quantitative estimate of drug-likeness (QED) is 0.663. The lowest BCUT2D eigenvalue weighted by Gasteiger charge is -2.33. The maximum atomic E-state index is 12.6. The Kier molecular flexibility index (Phi) is 6.70. The fourth-order valence-electron chi connectivity index (χ4n) is 2.82. The molecule has 9 nitrogen and oxygen atoms in total. The minimum Gasteiger partial charge on any atom is -0.438 e. The molecule has 0 atom stereocenters. The molecule has 1 aromatic carbocycles. The van der Waals surface area contributed by atoms with Crippen molar-refractivity contribution in [2.75, 3.05) is 31.9 Å². The molecule has 1 aromatic heterocycles. The Morgan fingerprint density at radius 1 is 1.00 bits per heavy atom. The molecule has 0 bridgehead atoms. The van der Waals surface area contributed by atoms with Gasteiger partial charge in [0.25, 0.3) is 15.9 Å².